The number of hydrogen-bond acceptors (Lipinski definition) is 1. The van der Waals surface area contributed by atoms with Gasteiger partial charge >= 0.3 is 0 Å². The van der Waals surface area contributed by atoms with Gasteiger partial charge in [-0.2, -0.15) is 0 Å². The Labute approximate surface area is 167 Å². The lowest BCUT2D eigenvalue weighted by molar-refractivity contribution is 0.440. The minimum Gasteiger partial charge on any atom is -0.309 e. The molecule has 0 saturated heterocycles. The number of rotatable bonds is 5. The first-order valence-corrected chi connectivity index (χ1v) is 11.2. The molecule has 0 aliphatic heterocycles. The molecule has 0 fully saturated rings. The third-order valence-electron chi connectivity index (χ3n) is 3.57. The molecule has 130 valence electrons. The molecule has 3 rings (SSSR count). The SMILES string of the molecule is CN(C)CCI.c1ccc(P(c2ccccc2)c2ccccc2)cc1. The van der Waals surface area contributed by atoms with Crippen LogP contribution in [0.3, 0.4) is 0 Å². The van der Waals surface area contributed by atoms with Crippen molar-refractivity contribution in [1.29, 1.82) is 0 Å². The molecule has 0 aliphatic rings. The first-order valence-electron chi connectivity index (χ1n) is 8.38. The molecular formula is C22H25INP. The molecule has 0 amide bonds. The highest BCUT2D eigenvalue weighted by Crippen LogP contribution is 2.32. The van der Waals surface area contributed by atoms with E-state index in [-0.39, 0.29) is 0 Å². The van der Waals surface area contributed by atoms with E-state index in [0.717, 1.165) is 0 Å². The normalized spacial score (nSPS) is 10.4. The lowest BCUT2D eigenvalue weighted by Crippen LogP contribution is -2.20. The Kier molecular flexibility index (Phi) is 9.17. The van der Waals surface area contributed by atoms with Gasteiger partial charge in [0.05, 0.1) is 0 Å². The summed E-state index contributed by atoms with van der Waals surface area (Å²) in [6.07, 6.45) is 0. The van der Waals surface area contributed by atoms with Crippen molar-refractivity contribution in [3.8, 4) is 0 Å². The van der Waals surface area contributed by atoms with E-state index in [2.05, 4.69) is 133 Å². The van der Waals surface area contributed by atoms with Crippen LogP contribution in [-0.2, 0) is 0 Å². The minimum atomic E-state index is -0.446. The van der Waals surface area contributed by atoms with E-state index in [1.807, 2.05) is 0 Å². The average molecular weight is 461 g/mol. The zero-order valence-corrected chi connectivity index (χ0v) is 17.9. The summed E-state index contributed by atoms with van der Waals surface area (Å²) < 4.78 is 1.23. The molecule has 0 aliphatic carbocycles. The Balaban J connectivity index is 0.000000326. The first-order chi connectivity index (χ1) is 12.2. The molecule has 0 N–H and O–H groups in total. The molecule has 0 unspecified atom stereocenters. The largest absolute Gasteiger partial charge is 0.309 e. The van der Waals surface area contributed by atoms with Crippen molar-refractivity contribution in [3.05, 3.63) is 91.0 Å². The monoisotopic (exact) mass is 461 g/mol. The van der Waals surface area contributed by atoms with E-state index in [1.54, 1.807) is 0 Å². The van der Waals surface area contributed by atoms with Crippen molar-refractivity contribution in [3.63, 3.8) is 0 Å². The van der Waals surface area contributed by atoms with E-state index in [0.29, 0.717) is 0 Å². The second-order valence-electron chi connectivity index (χ2n) is 5.83. The van der Waals surface area contributed by atoms with Crippen LogP contribution in [0.1, 0.15) is 0 Å². The summed E-state index contributed by atoms with van der Waals surface area (Å²) in [7, 11) is 3.72. The maximum absolute atomic E-state index is 2.36. The van der Waals surface area contributed by atoms with E-state index < -0.39 is 7.92 Å². The fourth-order valence-electron chi connectivity index (χ4n) is 2.35. The zero-order chi connectivity index (χ0) is 17.9. The van der Waals surface area contributed by atoms with Gasteiger partial charge < -0.3 is 4.90 Å². The van der Waals surface area contributed by atoms with Crippen LogP contribution in [0.25, 0.3) is 0 Å². The van der Waals surface area contributed by atoms with Crippen molar-refractivity contribution in [2.45, 2.75) is 0 Å². The van der Waals surface area contributed by atoms with Crippen LogP contribution in [0.2, 0.25) is 0 Å². The highest BCUT2D eigenvalue weighted by Gasteiger charge is 2.14. The van der Waals surface area contributed by atoms with Crippen molar-refractivity contribution < 1.29 is 0 Å². The molecule has 3 heteroatoms. The lowest BCUT2D eigenvalue weighted by Gasteiger charge is -2.18. The molecule has 0 heterocycles. The van der Waals surface area contributed by atoms with Crippen molar-refractivity contribution in [2.75, 3.05) is 25.1 Å². The van der Waals surface area contributed by atoms with Gasteiger partial charge in [0.25, 0.3) is 0 Å². The molecule has 0 aromatic heterocycles. The van der Waals surface area contributed by atoms with Crippen LogP contribution < -0.4 is 15.9 Å². The van der Waals surface area contributed by atoms with Crippen LogP contribution in [-0.4, -0.2) is 30.0 Å². The quantitative estimate of drug-likeness (QED) is 0.309. The van der Waals surface area contributed by atoms with Crippen LogP contribution in [0.5, 0.6) is 0 Å². The van der Waals surface area contributed by atoms with E-state index >= 15 is 0 Å². The Hall–Kier alpha value is -1.22. The fraction of sp³-hybridized carbons (Fsp3) is 0.182. The molecule has 25 heavy (non-hydrogen) atoms. The molecule has 3 aromatic rings. The number of halogens is 1. The standard InChI is InChI=1S/C18H15P.C4H10IN/c1-4-10-16(11-5-1)19(17-12-6-2-7-13-17)18-14-8-3-9-15-18;1-6(2)4-3-5/h1-15H;3-4H2,1-2H3. The van der Waals surface area contributed by atoms with E-state index in [1.165, 1.54) is 26.9 Å². The zero-order valence-electron chi connectivity index (χ0n) is 14.8. The summed E-state index contributed by atoms with van der Waals surface area (Å²) in [4.78, 5) is 2.17. The maximum atomic E-state index is 2.36. The fourth-order valence-corrected chi connectivity index (χ4v) is 5.62. The minimum absolute atomic E-state index is 0.446. The molecule has 0 spiro atoms. The number of hydrogen-bond donors (Lipinski definition) is 0. The van der Waals surface area contributed by atoms with Crippen LogP contribution in [0, 0.1) is 0 Å². The third-order valence-corrected chi connectivity index (χ3v) is 6.50. The molecule has 1 nitrogen and oxygen atoms in total. The van der Waals surface area contributed by atoms with Crippen LogP contribution in [0.4, 0.5) is 0 Å². The summed E-state index contributed by atoms with van der Waals surface area (Å²) >= 11 is 2.36. The topological polar surface area (TPSA) is 3.24 Å². The van der Waals surface area contributed by atoms with Gasteiger partial charge in [0.2, 0.25) is 0 Å². The van der Waals surface area contributed by atoms with Gasteiger partial charge in [-0.25, -0.2) is 0 Å². The van der Waals surface area contributed by atoms with E-state index in [4.69, 9.17) is 0 Å². The highest BCUT2D eigenvalue weighted by atomic mass is 127. The van der Waals surface area contributed by atoms with Crippen molar-refractivity contribution in [2.24, 2.45) is 0 Å². The lowest BCUT2D eigenvalue weighted by atomic mass is 10.4. The van der Waals surface area contributed by atoms with E-state index in [9.17, 15) is 0 Å². The Morgan fingerprint density at radius 3 is 1.16 bits per heavy atom. The smallest absolute Gasteiger partial charge is 0.0123 e. The van der Waals surface area contributed by atoms with Gasteiger partial charge in [-0.15, -0.1) is 0 Å². The molecule has 0 radical (unpaired) electrons. The summed E-state index contributed by atoms with van der Waals surface area (Å²) in [5.74, 6) is 0. The van der Waals surface area contributed by atoms with Crippen LogP contribution in [0.15, 0.2) is 91.0 Å². The molecule has 0 saturated carbocycles. The predicted octanol–water partition coefficient (Wildman–Crippen LogP) is 4.43. The van der Waals surface area contributed by atoms with Gasteiger partial charge in [-0.3, -0.25) is 0 Å². The van der Waals surface area contributed by atoms with Gasteiger partial charge in [0, 0.05) is 11.0 Å². The Bertz CT molecular complexity index is 608. The average Bonchev–Trinajstić information content (AvgIpc) is 2.65. The van der Waals surface area contributed by atoms with Gasteiger partial charge in [-0.1, -0.05) is 114 Å². The van der Waals surface area contributed by atoms with Gasteiger partial charge in [0.1, 0.15) is 0 Å². The summed E-state index contributed by atoms with van der Waals surface area (Å²) in [6, 6.07) is 32.3. The second-order valence-corrected chi connectivity index (χ2v) is 9.13. The molecule has 0 bridgehead atoms. The highest BCUT2D eigenvalue weighted by molar-refractivity contribution is 14.1. The number of alkyl halides is 1. The van der Waals surface area contributed by atoms with Crippen LogP contribution >= 0.6 is 30.5 Å². The summed E-state index contributed by atoms with van der Waals surface area (Å²) in [5.41, 5.74) is 0. The molecule has 0 atom stereocenters. The van der Waals surface area contributed by atoms with Crippen molar-refractivity contribution >= 4 is 46.4 Å². The number of nitrogens with zero attached hydrogens (tertiary/aromatic N) is 1. The first kappa shape index (κ1) is 20.1. The molecular weight excluding hydrogens is 436 g/mol. The van der Waals surface area contributed by atoms with Gasteiger partial charge in [0.15, 0.2) is 0 Å². The third kappa shape index (κ3) is 6.89. The molecule has 3 aromatic carbocycles. The summed E-state index contributed by atoms with van der Waals surface area (Å²) in [5, 5.41) is 4.19. The predicted molar refractivity (Wildman–Crippen MR) is 123 cm³/mol. The Morgan fingerprint density at radius 1 is 0.640 bits per heavy atom. The Morgan fingerprint density at radius 2 is 0.960 bits per heavy atom. The number of benzene rings is 3. The van der Waals surface area contributed by atoms with Crippen molar-refractivity contribution in [1.82, 2.24) is 4.90 Å². The van der Waals surface area contributed by atoms with Gasteiger partial charge in [-0.05, 0) is 37.9 Å². The summed E-state index contributed by atoms with van der Waals surface area (Å²) in [6.45, 7) is 1.20. The maximum Gasteiger partial charge on any atom is 0.0123 e. The second kappa shape index (κ2) is 11.4.